The number of nitrogens with zero attached hydrogens (tertiary/aromatic N) is 2. The van der Waals surface area contributed by atoms with Gasteiger partial charge in [-0.25, -0.2) is 4.98 Å². The molecule has 2 heterocycles. The molecule has 0 bridgehead atoms. The fourth-order valence-corrected chi connectivity index (χ4v) is 3.47. The quantitative estimate of drug-likeness (QED) is 0.871. The zero-order chi connectivity index (χ0) is 12.5. The van der Waals surface area contributed by atoms with E-state index in [4.69, 9.17) is 5.73 Å². The van der Waals surface area contributed by atoms with Crippen LogP contribution in [0.1, 0.15) is 35.0 Å². The molecular weight excluding hydrogens is 244 g/mol. The standard InChI is InChI=1S/C13H16N4S/c1-8-7-12(17-13(14)15-8)16-10-3-2-4-11-9(10)5-6-18-11/h5-7,10H,2-4H2,1H3,(H3,14,15,16,17). The lowest BCUT2D eigenvalue weighted by Gasteiger charge is -2.24. The number of rotatable bonds is 2. The van der Waals surface area contributed by atoms with E-state index in [1.54, 1.807) is 0 Å². The molecule has 2 aromatic heterocycles. The van der Waals surface area contributed by atoms with E-state index in [2.05, 4.69) is 26.7 Å². The van der Waals surface area contributed by atoms with Crippen LogP contribution in [0, 0.1) is 6.92 Å². The maximum absolute atomic E-state index is 5.68. The van der Waals surface area contributed by atoms with E-state index in [-0.39, 0.29) is 0 Å². The van der Waals surface area contributed by atoms with Crippen molar-refractivity contribution in [3.8, 4) is 0 Å². The fourth-order valence-electron chi connectivity index (χ4n) is 2.48. The number of nitrogens with two attached hydrogens (primary N) is 1. The van der Waals surface area contributed by atoms with Crippen molar-refractivity contribution in [2.45, 2.75) is 32.2 Å². The number of fused-ring (bicyclic) bond motifs is 1. The summed E-state index contributed by atoms with van der Waals surface area (Å²) in [5.74, 6) is 1.16. The SMILES string of the molecule is Cc1cc(NC2CCCc3sccc32)nc(N)n1. The summed E-state index contributed by atoms with van der Waals surface area (Å²) < 4.78 is 0. The van der Waals surface area contributed by atoms with Gasteiger partial charge in [-0.05, 0) is 43.2 Å². The second-order valence-corrected chi connectivity index (χ2v) is 5.64. The Morgan fingerprint density at radius 1 is 1.44 bits per heavy atom. The topological polar surface area (TPSA) is 63.8 Å². The Bertz CT molecular complexity index is 544. The summed E-state index contributed by atoms with van der Waals surface area (Å²) in [6, 6.07) is 4.51. The zero-order valence-electron chi connectivity index (χ0n) is 10.3. The van der Waals surface area contributed by atoms with Crippen LogP contribution in [0.15, 0.2) is 17.5 Å². The molecule has 0 amide bonds. The molecule has 0 radical (unpaired) electrons. The van der Waals surface area contributed by atoms with Crippen LogP contribution in [0.25, 0.3) is 0 Å². The Hall–Kier alpha value is -1.62. The minimum Gasteiger partial charge on any atom is -0.368 e. The first-order chi connectivity index (χ1) is 8.72. The van der Waals surface area contributed by atoms with Gasteiger partial charge in [0.2, 0.25) is 5.95 Å². The Labute approximate surface area is 110 Å². The second-order valence-electron chi connectivity index (χ2n) is 4.64. The van der Waals surface area contributed by atoms with Gasteiger partial charge >= 0.3 is 0 Å². The first-order valence-electron chi connectivity index (χ1n) is 6.16. The molecule has 0 aromatic carbocycles. The number of hydrogen-bond donors (Lipinski definition) is 2. The second kappa shape index (κ2) is 4.57. The number of hydrogen-bond acceptors (Lipinski definition) is 5. The lowest BCUT2D eigenvalue weighted by atomic mass is 9.94. The van der Waals surface area contributed by atoms with Crippen LogP contribution in [0.4, 0.5) is 11.8 Å². The van der Waals surface area contributed by atoms with Crippen molar-refractivity contribution in [2.75, 3.05) is 11.1 Å². The summed E-state index contributed by atoms with van der Waals surface area (Å²) >= 11 is 1.85. The highest BCUT2D eigenvalue weighted by atomic mass is 32.1. The average Bonchev–Trinajstić information content (AvgIpc) is 2.76. The third-order valence-corrected chi connectivity index (χ3v) is 4.24. The summed E-state index contributed by atoms with van der Waals surface area (Å²) in [5.41, 5.74) is 7.99. The third kappa shape index (κ3) is 2.18. The van der Waals surface area contributed by atoms with E-state index < -0.39 is 0 Å². The van der Waals surface area contributed by atoms with Gasteiger partial charge in [-0.3, -0.25) is 0 Å². The number of nitrogen functional groups attached to an aromatic ring is 1. The predicted molar refractivity (Wildman–Crippen MR) is 74.8 cm³/mol. The Balaban J connectivity index is 1.86. The molecule has 0 fully saturated rings. The summed E-state index contributed by atoms with van der Waals surface area (Å²) in [5, 5.41) is 5.65. The van der Waals surface area contributed by atoms with Gasteiger partial charge in [-0.2, -0.15) is 4.98 Å². The van der Waals surface area contributed by atoms with E-state index >= 15 is 0 Å². The van der Waals surface area contributed by atoms with Crippen molar-refractivity contribution in [2.24, 2.45) is 0 Å². The van der Waals surface area contributed by atoms with E-state index in [9.17, 15) is 0 Å². The molecule has 2 aromatic rings. The summed E-state index contributed by atoms with van der Waals surface area (Å²) in [7, 11) is 0. The fraction of sp³-hybridized carbons (Fsp3) is 0.385. The van der Waals surface area contributed by atoms with Gasteiger partial charge in [0.05, 0.1) is 6.04 Å². The van der Waals surface area contributed by atoms with Crippen LogP contribution in [0.5, 0.6) is 0 Å². The maximum atomic E-state index is 5.68. The van der Waals surface area contributed by atoms with Crippen molar-refractivity contribution in [3.05, 3.63) is 33.6 Å². The number of anilines is 2. The molecule has 0 spiro atoms. The van der Waals surface area contributed by atoms with Crippen molar-refractivity contribution in [3.63, 3.8) is 0 Å². The highest BCUT2D eigenvalue weighted by Gasteiger charge is 2.21. The third-order valence-electron chi connectivity index (χ3n) is 3.25. The molecule has 0 saturated carbocycles. The number of nitrogens with one attached hydrogen (secondary N) is 1. The largest absolute Gasteiger partial charge is 0.368 e. The van der Waals surface area contributed by atoms with Crippen LogP contribution in [-0.4, -0.2) is 9.97 Å². The maximum Gasteiger partial charge on any atom is 0.222 e. The minimum atomic E-state index is 0.332. The summed E-state index contributed by atoms with van der Waals surface area (Å²) in [4.78, 5) is 9.83. The smallest absolute Gasteiger partial charge is 0.222 e. The molecule has 1 unspecified atom stereocenters. The summed E-state index contributed by atoms with van der Waals surface area (Å²) in [6.45, 7) is 1.93. The van der Waals surface area contributed by atoms with E-state index in [1.165, 1.54) is 23.3 Å². The highest BCUT2D eigenvalue weighted by molar-refractivity contribution is 7.10. The van der Waals surface area contributed by atoms with Gasteiger partial charge < -0.3 is 11.1 Å². The van der Waals surface area contributed by atoms with Gasteiger partial charge in [-0.1, -0.05) is 0 Å². The Kier molecular flexibility index (Phi) is 2.91. The molecule has 1 aliphatic carbocycles. The van der Waals surface area contributed by atoms with Gasteiger partial charge in [0.25, 0.3) is 0 Å². The van der Waals surface area contributed by atoms with Crippen molar-refractivity contribution in [1.29, 1.82) is 0 Å². The number of aryl methyl sites for hydroxylation is 2. The van der Waals surface area contributed by atoms with Gasteiger partial charge in [0.1, 0.15) is 5.82 Å². The van der Waals surface area contributed by atoms with Crippen LogP contribution in [-0.2, 0) is 6.42 Å². The molecule has 3 rings (SSSR count). The molecule has 18 heavy (non-hydrogen) atoms. The van der Waals surface area contributed by atoms with E-state index in [1.807, 2.05) is 24.3 Å². The van der Waals surface area contributed by atoms with Crippen LogP contribution in [0.2, 0.25) is 0 Å². The zero-order valence-corrected chi connectivity index (χ0v) is 11.1. The Morgan fingerprint density at radius 2 is 2.33 bits per heavy atom. The van der Waals surface area contributed by atoms with Gasteiger partial charge in [0.15, 0.2) is 0 Å². The van der Waals surface area contributed by atoms with Crippen LogP contribution in [0.3, 0.4) is 0 Å². The normalized spacial score (nSPS) is 18.4. The van der Waals surface area contributed by atoms with Gasteiger partial charge in [-0.15, -0.1) is 11.3 Å². The monoisotopic (exact) mass is 260 g/mol. The lowest BCUT2D eigenvalue weighted by Crippen LogP contribution is -2.17. The minimum absolute atomic E-state index is 0.332. The predicted octanol–water partition coefficient (Wildman–Crippen LogP) is 2.92. The molecule has 5 heteroatoms. The highest BCUT2D eigenvalue weighted by Crippen LogP contribution is 2.35. The molecule has 1 atom stereocenters. The first kappa shape index (κ1) is 11.5. The molecule has 94 valence electrons. The van der Waals surface area contributed by atoms with E-state index in [0.717, 1.165) is 17.9 Å². The van der Waals surface area contributed by atoms with Crippen molar-refractivity contribution in [1.82, 2.24) is 9.97 Å². The molecule has 3 N–H and O–H groups in total. The summed E-state index contributed by atoms with van der Waals surface area (Å²) in [6.07, 6.45) is 3.58. The lowest BCUT2D eigenvalue weighted by molar-refractivity contribution is 0.607. The Morgan fingerprint density at radius 3 is 3.17 bits per heavy atom. The average molecular weight is 260 g/mol. The molecule has 1 aliphatic rings. The van der Waals surface area contributed by atoms with Crippen molar-refractivity contribution < 1.29 is 0 Å². The molecule has 0 saturated heterocycles. The molecular formula is C13H16N4S. The molecule has 4 nitrogen and oxygen atoms in total. The number of aromatic nitrogens is 2. The van der Waals surface area contributed by atoms with Crippen LogP contribution >= 0.6 is 11.3 Å². The first-order valence-corrected chi connectivity index (χ1v) is 7.04. The van der Waals surface area contributed by atoms with E-state index in [0.29, 0.717) is 12.0 Å². The van der Waals surface area contributed by atoms with Crippen molar-refractivity contribution >= 4 is 23.1 Å². The number of thiophene rings is 1. The van der Waals surface area contributed by atoms with Gasteiger partial charge in [0, 0.05) is 16.6 Å². The van der Waals surface area contributed by atoms with Crippen LogP contribution < -0.4 is 11.1 Å². The molecule has 0 aliphatic heterocycles.